The van der Waals surface area contributed by atoms with Crippen molar-refractivity contribution in [1.82, 2.24) is 15.2 Å². The van der Waals surface area contributed by atoms with Crippen LogP contribution in [0.25, 0.3) is 0 Å². The van der Waals surface area contributed by atoms with Crippen LogP contribution in [0.5, 0.6) is 0 Å². The first-order valence-corrected chi connectivity index (χ1v) is 6.27. The number of ether oxygens (including phenoxy) is 2. The Morgan fingerprint density at radius 1 is 1.61 bits per heavy atom. The van der Waals surface area contributed by atoms with Crippen molar-refractivity contribution in [2.24, 2.45) is 12.9 Å². The maximum Gasteiger partial charge on any atom is 0.0891 e. The maximum absolute atomic E-state index is 5.76. The van der Waals surface area contributed by atoms with Crippen LogP contribution in [0, 0.1) is 0 Å². The van der Waals surface area contributed by atoms with Gasteiger partial charge in [-0.15, -0.1) is 0 Å². The molecule has 0 aliphatic carbocycles. The van der Waals surface area contributed by atoms with E-state index in [-0.39, 0.29) is 11.6 Å². The van der Waals surface area contributed by atoms with E-state index in [2.05, 4.69) is 10.5 Å². The van der Waals surface area contributed by atoms with Crippen LogP contribution in [0.4, 0.5) is 0 Å². The lowest BCUT2D eigenvalue weighted by Gasteiger charge is -2.41. The van der Waals surface area contributed by atoms with E-state index in [1.54, 1.807) is 11.8 Å². The molecule has 0 amide bonds. The van der Waals surface area contributed by atoms with Gasteiger partial charge in [0.05, 0.1) is 17.8 Å². The summed E-state index contributed by atoms with van der Waals surface area (Å²) in [6.45, 7) is 1.44. The summed E-state index contributed by atoms with van der Waals surface area (Å²) in [6.07, 6.45) is 6.40. The van der Waals surface area contributed by atoms with E-state index in [1.165, 1.54) is 0 Å². The molecule has 1 unspecified atom stereocenters. The van der Waals surface area contributed by atoms with Crippen molar-refractivity contribution < 1.29 is 9.47 Å². The van der Waals surface area contributed by atoms with Crippen LogP contribution in [0.2, 0.25) is 0 Å². The summed E-state index contributed by atoms with van der Waals surface area (Å²) in [4.78, 5) is 0. The average molecular weight is 254 g/mol. The molecule has 1 saturated heterocycles. The SMILES string of the molecule is COC1(C(Cc2cnn(C)c2)NN)CCOCC1. The summed E-state index contributed by atoms with van der Waals surface area (Å²) >= 11 is 0. The Morgan fingerprint density at radius 3 is 2.83 bits per heavy atom. The molecule has 2 rings (SSSR count). The van der Waals surface area contributed by atoms with Crippen LogP contribution >= 0.6 is 0 Å². The van der Waals surface area contributed by atoms with Gasteiger partial charge in [-0.05, 0) is 12.0 Å². The zero-order valence-electron chi connectivity index (χ0n) is 11.1. The van der Waals surface area contributed by atoms with Crippen LogP contribution in [-0.4, -0.2) is 41.7 Å². The average Bonchev–Trinajstić information content (AvgIpc) is 2.82. The zero-order chi connectivity index (χ0) is 13.0. The molecule has 0 bridgehead atoms. The van der Waals surface area contributed by atoms with E-state index >= 15 is 0 Å². The van der Waals surface area contributed by atoms with Gasteiger partial charge in [-0.2, -0.15) is 5.10 Å². The number of hydrogen-bond donors (Lipinski definition) is 2. The largest absolute Gasteiger partial charge is 0.381 e. The first-order valence-electron chi connectivity index (χ1n) is 6.27. The molecule has 6 heteroatoms. The molecule has 6 nitrogen and oxygen atoms in total. The molecule has 2 heterocycles. The lowest BCUT2D eigenvalue weighted by molar-refractivity contribution is -0.110. The van der Waals surface area contributed by atoms with Gasteiger partial charge < -0.3 is 9.47 Å². The van der Waals surface area contributed by atoms with E-state index in [0.717, 1.165) is 38.0 Å². The first-order chi connectivity index (χ1) is 8.70. The first kappa shape index (κ1) is 13.5. The van der Waals surface area contributed by atoms with E-state index in [1.807, 2.05) is 19.4 Å². The molecular weight excluding hydrogens is 232 g/mol. The number of rotatable bonds is 5. The van der Waals surface area contributed by atoms with Crippen LogP contribution in [0.3, 0.4) is 0 Å². The van der Waals surface area contributed by atoms with E-state index in [0.29, 0.717) is 0 Å². The normalized spacial score (nSPS) is 20.8. The number of nitrogens with zero attached hydrogens (tertiary/aromatic N) is 2. The molecule has 18 heavy (non-hydrogen) atoms. The molecule has 0 spiro atoms. The van der Waals surface area contributed by atoms with Crippen molar-refractivity contribution in [3.63, 3.8) is 0 Å². The Kier molecular flexibility index (Phi) is 4.34. The van der Waals surface area contributed by atoms with E-state index in [4.69, 9.17) is 15.3 Å². The summed E-state index contributed by atoms with van der Waals surface area (Å²) in [5, 5.41) is 4.18. The van der Waals surface area contributed by atoms with Gasteiger partial charge in [0, 0.05) is 46.4 Å². The molecule has 1 aliphatic heterocycles. The molecule has 0 radical (unpaired) electrons. The molecule has 0 aromatic carbocycles. The lowest BCUT2D eigenvalue weighted by atomic mass is 9.83. The summed E-state index contributed by atoms with van der Waals surface area (Å²) < 4.78 is 13.0. The predicted molar refractivity (Wildman–Crippen MR) is 67.8 cm³/mol. The number of nitrogens with two attached hydrogens (primary N) is 1. The Balaban J connectivity index is 2.10. The quantitative estimate of drug-likeness (QED) is 0.571. The summed E-state index contributed by atoms with van der Waals surface area (Å²) in [6, 6.07) is 0.0654. The Labute approximate surface area is 107 Å². The molecule has 1 aromatic rings. The molecule has 102 valence electrons. The topological polar surface area (TPSA) is 74.3 Å². The highest BCUT2D eigenvalue weighted by atomic mass is 16.5. The number of nitrogens with one attached hydrogen (secondary N) is 1. The van der Waals surface area contributed by atoms with Crippen LogP contribution in [0.15, 0.2) is 12.4 Å². The number of methoxy groups -OCH3 is 1. The number of hydrogen-bond acceptors (Lipinski definition) is 5. The number of aromatic nitrogens is 2. The highest BCUT2D eigenvalue weighted by molar-refractivity contribution is 5.09. The third kappa shape index (κ3) is 2.72. The second-order valence-corrected chi connectivity index (χ2v) is 4.83. The smallest absolute Gasteiger partial charge is 0.0891 e. The van der Waals surface area contributed by atoms with Crippen molar-refractivity contribution in [2.45, 2.75) is 30.9 Å². The van der Waals surface area contributed by atoms with Crippen molar-refractivity contribution >= 4 is 0 Å². The van der Waals surface area contributed by atoms with Crippen LogP contribution < -0.4 is 11.3 Å². The standard InChI is InChI=1S/C12H22N4O2/c1-16-9-10(8-14-16)7-11(15-13)12(17-2)3-5-18-6-4-12/h8-9,11,15H,3-7,13H2,1-2H3. The second kappa shape index (κ2) is 5.79. The Bertz CT molecular complexity index is 374. The summed E-state index contributed by atoms with van der Waals surface area (Å²) in [5.41, 5.74) is 3.81. The van der Waals surface area contributed by atoms with Gasteiger partial charge >= 0.3 is 0 Å². The molecule has 3 N–H and O–H groups in total. The highest BCUT2D eigenvalue weighted by Crippen LogP contribution is 2.29. The van der Waals surface area contributed by atoms with Gasteiger partial charge in [-0.1, -0.05) is 0 Å². The minimum atomic E-state index is -0.247. The number of aryl methyl sites for hydroxylation is 1. The summed E-state index contributed by atoms with van der Waals surface area (Å²) in [7, 11) is 3.66. The molecular formula is C12H22N4O2. The molecule has 1 atom stereocenters. The fourth-order valence-corrected chi connectivity index (χ4v) is 2.62. The fourth-order valence-electron chi connectivity index (χ4n) is 2.62. The minimum absolute atomic E-state index is 0.0654. The van der Waals surface area contributed by atoms with Crippen molar-refractivity contribution in [3.05, 3.63) is 18.0 Å². The molecule has 1 aliphatic rings. The second-order valence-electron chi connectivity index (χ2n) is 4.83. The van der Waals surface area contributed by atoms with E-state index in [9.17, 15) is 0 Å². The van der Waals surface area contributed by atoms with Gasteiger partial charge in [0.25, 0.3) is 0 Å². The summed E-state index contributed by atoms with van der Waals surface area (Å²) in [5.74, 6) is 5.72. The van der Waals surface area contributed by atoms with Crippen LogP contribution in [-0.2, 0) is 22.9 Å². The Hall–Kier alpha value is -0.950. The number of hydrazine groups is 1. The monoisotopic (exact) mass is 254 g/mol. The Morgan fingerprint density at radius 2 is 2.33 bits per heavy atom. The third-order valence-electron chi connectivity index (χ3n) is 3.78. The van der Waals surface area contributed by atoms with Gasteiger partial charge in [0.1, 0.15) is 0 Å². The van der Waals surface area contributed by atoms with Crippen molar-refractivity contribution in [3.8, 4) is 0 Å². The molecule has 1 fully saturated rings. The predicted octanol–water partition coefficient (Wildman–Crippen LogP) is -0.00990. The van der Waals surface area contributed by atoms with Gasteiger partial charge in [-0.3, -0.25) is 16.0 Å². The van der Waals surface area contributed by atoms with Gasteiger partial charge in [-0.25, -0.2) is 0 Å². The third-order valence-corrected chi connectivity index (χ3v) is 3.78. The maximum atomic E-state index is 5.76. The molecule has 0 saturated carbocycles. The fraction of sp³-hybridized carbons (Fsp3) is 0.750. The highest BCUT2D eigenvalue weighted by Gasteiger charge is 2.40. The van der Waals surface area contributed by atoms with Crippen LogP contribution in [0.1, 0.15) is 18.4 Å². The van der Waals surface area contributed by atoms with Gasteiger partial charge in [0.2, 0.25) is 0 Å². The zero-order valence-corrected chi connectivity index (χ0v) is 11.1. The van der Waals surface area contributed by atoms with Gasteiger partial charge in [0.15, 0.2) is 0 Å². The van der Waals surface area contributed by atoms with Crippen molar-refractivity contribution in [1.29, 1.82) is 0 Å². The minimum Gasteiger partial charge on any atom is -0.381 e. The van der Waals surface area contributed by atoms with E-state index < -0.39 is 0 Å². The van der Waals surface area contributed by atoms with Crippen molar-refractivity contribution in [2.75, 3.05) is 20.3 Å². The lowest BCUT2D eigenvalue weighted by Crippen LogP contribution is -2.58. The molecule has 1 aromatic heterocycles.